The lowest BCUT2D eigenvalue weighted by Crippen LogP contribution is -2.46. The number of benzene rings is 1. The van der Waals surface area contributed by atoms with Gasteiger partial charge in [-0.2, -0.15) is 0 Å². The van der Waals surface area contributed by atoms with Gasteiger partial charge in [0.05, 0.1) is 5.69 Å². The van der Waals surface area contributed by atoms with Crippen LogP contribution in [0.1, 0.15) is 58.8 Å². The molecule has 7 nitrogen and oxygen atoms in total. The Morgan fingerprint density at radius 2 is 2.06 bits per heavy atom. The summed E-state index contributed by atoms with van der Waals surface area (Å²) in [7, 11) is 0. The van der Waals surface area contributed by atoms with Gasteiger partial charge in [-0.1, -0.05) is 12.1 Å². The number of carbonyl (C=O) groups excluding carboxylic acids is 1. The Morgan fingerprint density at radius 3 is 2.88 bits per heavy atom. The average Bonchev–Trinajstić information content (AvgIpc) is 3.40. The molecule has 1 atom stereocenters. The number of hydrogen-bond donors (Lipinski definition) is 1. The van der Waals surface area contributed by atoms with Crippen LogP contribution in [-0.2, 0) is 13.1 Å². The smallest absolute Gasteiger partial charge is 0.254 e. The van der Waals surface area contributed by atoms with Crippen LogP contribution in [-0.4, -0.2) is 62.3 Å². The number of likely N-dealkylation sites (tertiary alicyclic amines) is 1. The molecule has 3 aliphatic rings. The minimum Gasteiger partial charge on any atom is -0.330 e. The highest BCUT2D eigenvalue weighted by molar-refractivity contribution is 5.98. The zero-order valence-electron chi connectivity index (χ0n) is 18.4. The van der Waals surface area contributed by atoms with Gasteiger partial charge in [-0.05, 0) is 74.5 Å². The third-order valence-corrected chi connectivity index (χ3v) is 7.40. The van der Waals surface area contributed by atoms with E-state index in [1.807, 2.05) is 16.7 Å². The molecule has 0 aliphatic carbocycles. The predicted molar refractivity (Wildman–Crippen MR) is 122 cm³/mol. The van der Waals surface area contributed by atoms with Crippen molar-refractivity contribution in [2.75, 3.05) is 26.2 Å². The maximum Gasteiger partial charge on any atom is 0.254 e. The lowest BCUT2D eigenvalue weighted by Gasteiger charge is -2.32. The van der Waals surface area contributed by atoms with E-state index in [9.17, 15) is 4.79 Å². The molecular formula is C25H30N6O. The summed E-state index contributed by atoms with van der Waals surface area (Å²) in [5.74, 6) is 1.56. The number of piperidine rings is 2. The van der Waals surface area contributed by atoms with Gasteiger partial charge in [-0.3, -0.25) is 14.1 Å². The lowest BCUT2D eigenvalue weighted by atomic mass is 9.88. The van der Waals surface area contributed by atoms with E-state index in [1.54, 1.807) is 6.20 Å². The Labute approximate surface area is 188 Å². The molecule has 2 fully saturated rings. The molecule has 32 heavy (non-hydrogen) atoms. The molecule has 0 radical (unpaired) electrons. The van der Waals surface area contributed by atoms with E-state index in [2.05, 4.69) is 49.5 Å². The van der Waals surface area contributed by atoms with Crippen LogP contribution in [0.5, 0.6) is 0 Å². The first-order chi connectivity index (χ1) is 15.7. The zero-order valence-corrected chi connectivity index (χ0v) is 18.4. The summed E-state index contributed by atoms with van der Waals surface area (Å²) in [4.78, 5) is 26.5. The Hall–Kier alpha value is -2.77. The van der Waals surface area contributed by atoms with E-state index >= 15 is 0 Å². The molecule has 0 saturated carbocycles. The first kappa shape index (κ1) is 19.9. The summed E-state index contributed by atoms with van der Waals surface area (Å²) in [6.07, 6.45) is 10.4. The Kier molecular flexibility index (Phi) is 5.15. The van der Waals surface area contributed by atoms with Gasteiger partial charge in [0.25, 0.3) is 5.91 Å². The summed E-state index contributed by atoms with van der Waals surface area (Å²) < 4.78 is 1.99. The van der Waals surface area contributed by atoms with E-state index in [0.29, 0.717) is 12.0 Å². The van der Waals surface area contributed by atoms with E-state index in [4.69, 9.17) is 0 Å². The van der Waals surface area contributed by atoms with Crippen molar-refractivity contribution in [3.63, 3.8) is 0 Å². The van der Waals surface area contributed by atoms with E-state index < -0.39 is 0 Å². The number of hydrogen-bond acceptors (Lipinski definition) is 5. The van der Waals surface area contributed by atoms with Gasteiger partial charge in [0.1, 0.15) is 0 Å². The quantitative estimate of drug-likeness (QED) is 0.690. The molecule has 0 bridgehead atoms. The summed E-state index contributed by atoms with van der Waals surface area (Å²) in [6, 6.07) is 8.87. The molecule has 1 N–H and O–H groups in total. The van der Waals surface area contributed by atoms with Gasteiger partial charge < -0.3 is 10.2 Å². The van der Waals surface area contributed by atoms with Crippen molar-refractivity contribution in [2.45, 2.75) is 50.7 Å². The van der Waals surface area contributed by atoms with Crippen LogP contribution < -0.4 is 5.32 Å². The second-order valence-corrected chi connectivity index (χ2v) is 9.46. The summed E-state index contributed by atoms with van der Waals surface area (Å²) in [5.41, 5.74) is 4.61. The first-order valence-electron chi connectivity index (χ1n) is 11.9. The van der Waals surface area contributed by atoms with Crippen molar-refractivity contribution in [2.24, 2.45) is 0 Å². The first-order valence-corrected chi connectivity index (χ1v) is 11.9. The zero-order chi connectivity index (χ0) is 21.5. The number of nitrogens with zero attached hydrogens (tertiary/aromatic N) is 5. The second kappa shape index (κ2) is 8.30. The van der Waals surface area contributed by atoms with E-state index in [-0.39, 0.29) is 5.91 Å². The summed E-state index contributed by atoms with van der Waals surface area (Å²) >= 11 is 0. The van der Waals surface area contributed by atoms with Crippen molar-refractivity contribution in [1.82, 2.24) is 29.5 Å². The highest BCUT2D eigenvalue weighted by atomic mass is 16.2. The molecule has 2 saturated heterocycles. The molecule has 3 aromatic rings. The van der Waals surface area contributed by atoms with Gasteiger partial charge in [-0.15, -0.1) is 0 Å². The number of carbonyl (C=O) groups is 1. The standard InChI is InChI=1S/C25H30N6O/c32-24-23-5-4-19(13-20(23)15-31(24)22-3-1-8-26-14-22)18-6-11-29(12-7-18)16-21-17-30-10-2-9-27-25(30)28-21/h2,4-5,9-10,13,17-18,22,26H,1,3,6-8,11-12,14-16H2. The number of rotatable bonds is 4. The highest BCUT2D eigenvalue weighted by Crippen LogP contribution is 2.33. The van der Waals surface area contributed by atoms with Gasteiger partial charge >= 0.3 is 0 Å². The largest absolute Gasteiger partial charge is 0.330 e. The van der Waals surface area contributed by atoms with Crippen molar-refractivity contribution in [1.29, 1.82) is 0 Å². The van der Waals surface area contributed by atoms with Crippen LogP contribution in [0.2, 0.25) is 0 Å². The van der Waals surface area contributed by atoms with Gasteiger partial charge in [0, 0.05) is 49.8 Å². The molecule has 5 heterocycles. The summed E-state index contributed by atoms with van der Waals surface area (Å²) in [5, 5.41) is 3.44. The molecule has 1 aromatic carbocycles. The predicted octanol–water partition coefficient (Wildman–Crippen LogP) is 2.82. The van der Waals surface area contributed by atoms with Gasteiger partial charge in [0.2, 0.25) is 5.78 Å². The molecule has 3 aliphatic heterocycles. The number of aromatic nitrogens is 3. The van der Waals surface area contributed by atoms with Gasteiger partial charge in [0.15, 0.2) is 0 Å². The maximum absolute atomic E-state index is 12.9. The third kappa shape index (κ3) is 3.69. The molecule has 166 valence electrons. The second-order valence-electron chi connectivity index (χ2n) is 9.46. The van der Waals surface area contributed by atoms with E-state index in [1.165, 1.54) is 11.1 Å². The molecular weight excluding hydrogens is 400 g/mol. The molecule has 2 aromatic heterocycles. The topological polar surface area (TPSA) is 65.8 Å². The molecule has 1 unspecified atom stereocenters. The van der Waals surface area contributed by atoms with Crippen molar-refractivity contribution < 1.29 is 4.79 Å². The molecule has 0 spiro atoms. The number of fused-ring (bicyclic) bond motifs is 2. The SMILES string of the molecule is O=C1c2ccc(C3CCN(Cc4cn5cccnc5n4)CC3)cc2CN1C1CCCNC1. The van der Waals surface area contributed by atoms with Gasteiger partial charge in [-0.25, -0.2) is 9.97 Å². The fraction of sp³-hybridized carbons (Fsp3) is 0.480. The normalized spacial score (nSPS) is 22.6. The van der Waals surface area contributed by atoms with Crippen LogP contribution in [0.4, 0.5) is 0 Å². The number of amides is 1. The summed E-state index contributed by atoms with van der Waals surface area (Å²) in [6.45, 7) is 5.79. The van der Waals surface area contributed by atoms with Crippen molar-refractivity contribution in [3.8, 4) is 0 Å². The van der Waals surface area contributed by atoms with Crippen LogP contribution in [0.25, 0.3) is 5.78 Å². The van der Waals surface area contributed by atoms with Crippen LogP contribution in [0.15, 0.2) is 42.9 Å². The van der Waals surface area contributed by atoms with Crippen molar-refractivity contribution in [3.05, 3.63) is 65.2 Å². The Balaban J connectivity index is 1.09. The van der Waals surface area contributed by atoms with Crippen LogP contribution in [0.3, 0.4) is 0 Å². The monoisotopic (exact) mass is 430 g/mol. The Morgan fingerprint density at radius 1 is 1.16 bits per heavy atom. The number of nitrogens with one attached hydrogen (secondary N) is 1. The molecule has 1 amide bonds. The number of imidazole rings is 1. The highest BCUT2D eigenvalue weighted by Gasteiger charge is 2.34. The van der Waals surface area contributed by atoms with Crippen LogP contribution >= 0.6 is 0 Å². The Bertz CT molecular complexity index is 1090. The fourth-order valence-corrected chi connectivity index (χ4v) is 5.62. The average molecular weight is 431 g/mol. The molecule has 7 heteroatoms. The van der Waals surface area contributed by atoms with Crippen LogP contribution in [0, 0.1) is 0 Å². The minimum absolute atomic E-state index is 0.219. The lowest BCUT2D eigenvalue weighted by molar-refractivity contribution is 0.0674. The van der Waals surface area contributed by atoms with Crippen molar-refractivity contribution >= 4 is 11.7 Å². The third-order valence-electron chi connectivity index (χ3n) is 7.40. The van der Waals surface area contributed by atoms with E-state index in [0.717, 1.165) is 82.0 Å². The molecule has 6 rings (SSSR count). The fourth-order valence-electron chi connectivity index (χ4n) is 5.62. The minimum atomic E-state index is 0.219. The maximum atomic E-state index is 12.9.